The summed E-state index contributed by atoms with van der Waals surface area (Å²) in [4.78, 5) is 24.5. The molecule has 0 rings (SSSR count). The second-order valence-corrected chi connectivity index (χ2v) is 23.5. The zero-order chi connectivity index (χ0) is 54.3. The third kappa shape index (κ3) is 61.4. The van der Waals surface area contributed by atoms with E-state index in [0.717, 1.165) is 44.9 Å². The molecule has 6 heteroatoms. The van der Waals surface area contributed by atoms with Gasteiger partial charge in [0.15, 0.2) is 0 Å². The summed E-state index contributed by atoms with van der Waals surface area (Å²) < 4.78 is 5.48. The van der Waals surface area contributed by atoms with Crippen LogP contribution in [0.1, 0.15) is 380 Å². The molecule has 0 saturated heterocycles. The normalized spacial score (nSPS) is 12.6. The van der Waals surface area contributed by atoms with Crippen LogP contribution < -0.4 is 5.32 Å². The molecule has 2 atom stereocenters. The van der Waals surface area contributed by atoms with E-state index in [-0.39, 0.29) is 18.5 Å². The molecule has 0 radical (unpaired) electrons. The number of unbranched alkanes of at least 4 members (excludes halogenated alkanes) is 49. The van der Waals surface area contributed by atoms with Crippen molar-refractivity contribution in [3.8, 4) is 0 Å². The summed E-state index contributed by atoms with van der Waals surface area (Å²) in [7, 11) is 0. The third-order valence-electron chi connectivity index (χ3n) is 16.0. The molecule has 75 heavy (non-hydrogen) atoms. The van der Waals surface area contributed by atoms with Crippen LogP contribution in [-0.2, 0) is 14.3 Å². The lowest BCUT2D eigenvalue weighted by molar-refractivity contribution is -0.143. The standard InChI is InChI=1S/C69H133NO5/c1-3-5-7-9-11-13-15-43-47-51-55-59-63-69(74)75-64-60-56-52-48-44-40-38-36-34-32-30-28-26-24-22-20-18-16-17-19-21-23-25-27-29-31-33-35-37-39-42-46-50-54-58-62-68(73)70-66(65-71)67(72)61-57-53-49-45-41-14-12-10-8-6-4-2/h18,20,24,26,66-67,71-72H,3-17,19,21-23,25,27-65H2,1-2H3,(H,70,73)/b20-18-,26-24-. The molecule has 0 bridgehead atoms. The van der Waals surface area contributed by atoms with Crippen LogP contribution in [0.15, 0.2) is 24.3 Å². The molecule has 0 aromatic rings. The van der Waals surface area contributed by atoms with Crippen molar-refractivity contribution >= 4 is 11.9 Å². The van der Waals surface area contributed by atoms with Crippen LogP contribution in [0.3, 0.4) is 0 Å². The first-order valence-electron chi connectivity index (χ1n) is 34.1. The fraction of sp³-hybridized carbons (Fsp3) is 0.913. The number of amides is 1. The molecule has 0 aliphatic rings. The minimum Gasteiger partial charge on any atom is -0.466 e. The van der Waals surface area contributed by atoms with E-state index in [1.54, 1.807) is 0 Å². The number of nitrogens with one attached hydrogen (secondary N) is 1. The molecule has 0 heterocycles. The van der Waals surface area contributed by atoms with E-state index < -0.39 is 12.1 Å². The van der Waals surface area contributed by atoms with Crippen molar-refractivity contribution < 1.29 is 24.5 Å². The first kappa shape index (κ1) is 73.3. The number of ether oxygens (including phenoxy) is 1. The second-order valence-electron chi connectivity index (χ2n) is 23.5. The number of esters is 1. The van der Waals surface area contributed by atoms with Crippen LogP contribution in [0.2, 0.25) is 0 Å². The highest BCUT2D eigenvalue weighted by Gasteiger charge is 2.20. The summed E-state index contributed by atoms with van der Waals surface area (Å²) in [6.45, 7) is 4.97. The van der Waals surface area contributed by atoms with Crippen LogP contribution in [0.25, 0.3) is 0 Å². The Labute approximate surface area is 469 Å². The Bertz CT molecular complexity index is 1170. The van der Waals surface area contributed by atoms with Gasteiger partial charge in [0, 0.05) is 12.8 Å². The van der Waals surface area contributed by atoms with Crippen molar-refractivity contribution in [1.29, 1.82) is 0 Å². The van der Waals surface area contributed by atoms with Gasteiger partial charge in [0.2, 0.25) is 5.91 Å². The van der Waals surface area contributed by atoms with Crippen molar-refractivity contribution in [1.82, 2.24) is 5.32 Å². The lowest BCUT2D eigenvalue weighted by atomic mass is 10.0. The highest BCUT2D eigenvalue weighted by molar-refractivity contribution is 5.76. The van der Waals surface area contributed by atoms with Gasteiger partial charge in [-0.3, -0.25) is 9.59 Å². The van der Waals surface area contributed by atoms with E-state index in [2.05, 4.69) is 43.5 Å². The van der Waals surface area contributed by atoms with Crippen LogP contribution in [0, 0.1) is 0 Å². The van der Waals surface area contributed by atoms with Gasteiger partial charge in [-0.05, 0) is 57.8 Å². The smallest absolute Gasteiger partial charge is 0.305 e. The minimum absolute atomic E-state index is 0.0178. The number of hydrogen-bond acceptors (Lipinski definition) is 5. The largest absolute Gasteiger partial charge is 0.466 e. The number of aliphatic hydroxyl groups excluding tert-OH is 2. The minimum atomic E-state index is -0.660. The molecule has 3 N–H and O–H groups in total. The van der Waals surface area contributed by atoms with Crippen molar-refractivity contribution in [2.75, 3.05) is 13.2 Å². The molecule has 6 nitrogen and oxygen atoms in total. The van der Waals surface area contributed by atoms with Gasteiger partial charge in [0.25, 0.3) is 0 Å². The Morgan fingerprint density at radius 1 is 0.373 bits per heavy atom. The second kappa shape index (κ2) is 64.9. The average molecular weight is 1060 g/mol. The van der Waals surface area contributed by atoms with E-state index in [1.165, 1.54) is 302 Å². The van der Waals surface area contributed by atoms with Gasteiger partial charge >= 0.3 is 5.97 Å². The Hall–Kier alpha value is -1.66. The van der Waals surface area contributed by atoms with Gasteiger partial charge < -0.3 is 20.3 Å². The number of carbonyl (C=O) groups excluding carboxylic acids is 2. The van der Waals surface area contributed by atoms with Crippen molar-refractivity contribution in [2.45, 2.75) is 392 Å². The highest BCUT2D eigenvalue weighted by atomic mass is 16.5. The summed E-state index contributed by atoms with van der Waals surface area (Å²) in [5.41, 5.74) is 0. The van der Waals surface area contributed by atoms with E-state index in [1.807, 2.05) is 0 Å². The maximum absolute atomic E-state index is 12.5. The van der Waals surface area contributed by atoms with Crippen molar-refractivity contribution in [3.63, 3.8) is 0 Å². The molecule has 0 aliphatic heterocycles. The van der Waals surface area contributed by atoms with E-state index in [0.29, 0.717) is 25.9 Å². The molecule has 1 amide bonds. The highest BCUT2D eigenvalue weighted by Crippen LogP contribution is 2.18. The number of rotatable bonds is 64. The fourth-order valence-corrected chi connectivity index (χ4v) is 10.8. The lowest BCUT2D eigenvalue weighted by Gasteiger charge is -2.22. The number of hydrogen-bond donors (Lipinski definition) is 3. The SMILES string of the molecule is CCCCCCCCCCCCCCC(=O)OCCCCCCCCCCCCC/C=C\C/C=C\CCCCCCCCCCCCCCCCCCCC(=O)NC(CO)C(O)CCCCCCCCCCCCC. The summed E-state index contributed by atoms with van der Waals surface area (Å²) >= 11 is 0. The monoisotopic (exact) mass is 1060 g/mol. The van der Waals surface area contributed by atoms with E-state index in [9.17, 15) is 19.8 Å². The van der Waals surface area contributed by atoms with Crippen LogP contribution >= 0.6 is 0 Å². The third-order valence-corrected chi connectivity index (χ3v) is 16.0. The molecule has 2 unspecified atom stereocenters. The van der Waals surface area contributed by atoms with Crippen molar-refractivity contribution in [3.05, 3.63) is 24.3 Å². The zero-order valence-corrected chi connectivity index (χ0v) is 50.8. The van der Waals surface area contributed by atoms with Crippen LogP contribution in [0.5, 0.6) is 0 Å². The van der Waals surface area contributed by atoms with Gasteiger partial charge in [0.05, 0.1) is 25.4 Å². The Morgan fingerprint density at radius 2 is 0.667 bits per heavy atom. The Balaban J connectivity index is 3.35. The average Bonchev–Trinajstić information content (AvgIpc) is 3.41. The maximum atomic E-state index is 12.5. The number of allylic oxidation sites excluding steroid dienone is 4. The van der Waals surface area contributed by atoms with E-state index in [4.69, 9.17) is 4.74 Å². The molecule has 0 saturated carbocycles. The van der Waals surface area contributed by atoms with Gasteiger partial charge in [-0.2, -0.15) is 0 Å². The van der Waals surface area contributed by atoms with Gasteiger partial charge in [0.1, 0.15) is 0 Å². The molecule has 0 aromatic carbocycles. The summed E-state index contributed by atoms with van der Waals surface area (Å²) in [5, 5.41) is 23.2. The molecular formula is C69H133NO5. The number of carbonyl (C=O) groups is 2. The summed E-state index contributed by atoms with van der Waals surface area (Å²) in [5.74, 6) is -0.0141. The molecule has 0 fully saturated rings. The maximum Gasteiger partial charge on any atom is 0.305 e. The first-order valence-corrected chi connectivity index (χ1v) is 34.1. The van der Waals surface area contributed by atoms with E-state index >= 15 is 0 Å². The molecule has 0 aliphatic carbocycles. The topological polar surface area (TPSA) is 95.9 Å². The van der Waals surface area contributed by atoms with Gasteiger partial charge in [-0.1, -0.05) is 334 Å². The quantitative estimate of drug-likeness (QED) is 0.0320. The van der Waals surface area contributed by atoms with Gasteiger partial charge in [-0.25, -0.2) is 0 Å². The van der Waals surface area contributed by atoms with Crippen molar-refractivity contribution in [2.24, 2.45) is 0 Å². The Kier molecular flexibility index (Phi) is 63.4. The summed E-state index contributed by atoms with van der Waals surface area (Å²) in [6.07, 6.45) is 80.9. The predicted octanol–water partition coefficient (Wildman–Crippen LogP) is 21.8. The molecular weight excluding hydrogens is 923 g/mol. The number of aliphatic hydroxyl groups is 2. The predicted molar refractivity (Wildman–Crippen MR) is 329 cm³/mol. The molecule has 0 spiro atoms. The van der Waals surface area contributed by atoms with Gasteiger partial charge in [-0.15, -0.1) is 0 Å². The molecule has 0 aromatic heterocycles. The summed E-state index contributed by atoms with van der Waals surface area (Å²) in [6, 6.07) is -0.538. The molecule has 444 valence electrons. The first-order chi connectivity index (χ1) is 37.0. The fourth-order valence-electron chi connectivity index (χ4n) is 10.8. The lowest BCUT2D eigenvalue weighted by Crippen LogP contribution is -2.45. The van der Waals surface area contributed by atoms with Crippen LogP contribution in [0.4, 0.5) is 0 Å². The zero-order valence-electron chi connectivity index (χ0n) is 50.8. The Morgan fingerprint density at radius 3 is 1.01 bits per heavy atom. The van der Waals surface area contributed by atoms with Crippen LogP contribution in [-0.4, -0.2) is 47.4 Å².